The molecule has 0 aromatic carbocycles. The minimum Gasteiger partial charge on any atom is -0.383 e. The first-order chi connectivity index (χ1) is 9.31. The monoisotopic (exact) mass is 281 g/mol. The number of nitrogens with one attached hydrogen (secondary N) is 1. The van der Waals surface area contributed by atoms with Crippen LogP contribution in [0.25, 0.3) is 0 Å². The molecular formula is C14H23N3OS. The standard InChI is InChI=1S/C14H23N3OS/c1-18-10-12-8-14(2-4-15-5-3-14)11-17(12)9-13-16-6-7-19-13/h6-7,12,15H,2-5,8-11H2,1H3/t12-/m1/s1. The molecule has 4 nitrogen and oxygen atoms in total. The number of thiazole rings is 1. The number of hydrogen-bond acceptors (Lipinski definition) is 5. The second-order valence-corrected chi connectivity index (χ2v) is 6.87. The minimum atomic E-state index is 0.520. The van der Waals surface area contributed by atoms with E-state index in [4.69, 9.17) is 4.74 Å². The summed E-state index contributed by atoms with van der Waals surface area (Å²) in [5, 5.41) is 6.78. The van der Waals surface area contributed by atoms with Crippen molar-refractivity contribution in [2.45, 2.75) is 31.8 Å². The third kappa shape index (κ3) is 2.99. The molecule has 1 N–H and O–H groups in total. The molecule has 2 fully saturated rings. The predicted molar refractivity (Wildman–Crippen MR) is 77.3 cm³/mol. The summed E-state index contributed by atoms with van der Waals surface area (Å²) >= 11 is 1.76. The first kappa shape index (κ1) is 13.5. The lowest BCUT2D eigenvalue weighted by molar-refractivity contribution is 0.111. The molecule has 2 aliphatic rings. The maximum Gasteiger partial charge on any atom is 0.107 e. The van der Waals surface area contributed by atoms with Crippen LogP contribution >= 0.6 is 11.3 Å². The van der Waals surface area contributed by atoms with Crippen molar-refractivity contribution >= 4 is 11.3 Å². The molecule has 1 aromatic heterocycles. The number of likely N-dealkylation sites (tertiary alicyclic amines) is 1. The van der Waals surface area contributed by atoms with E-state index in [0.29, 0.717) is 11.5 Å². The molecule has 3 rings (SSSR count). The number of piperidine rings is 1. The van der Waals surface area contributed by atoms with Crippen LogP contribution in [0.4, 0.5) is 0 Å². The molecule has 1 aromatic rings. The molecule has 2 saturated heterocycles. The highest BCUT2D eigenvalue weighted by molar-refractivity contribution is 7.09. The van der Waals surface area contributed by atoms with Gasteiger partial charge in [0.15, 0.2) is 0 Å². The molecule has 2 aliphatic heterocycles. The Bertz CT molecular complexity index is 389. The first-order valence-corrected chi connectivity index (χ1v) is 8.01. The number of hydrogen-bond donors (Lipinski definition) is 1. The Morgan fingerprint density at radius 2 is 2.37 bits per heavy atom. The smallest absolute Gasteiger partial charge is 0.107 e. The van der Waals surface area contributed by atoms with Crippen molar-refractivity contribution in [1.29, 1.82) is 0 Å². The lowest BCUT2D eigenvalue weighted by atomic mass is 9.77. The molecule has 5 heteroatoms. The van der Waals surface area contributed by atoms with E-state index >= 15 is 0 Å². The van der Waals surface area contributed by atoms with Gasteiger partial charge in [-0.2, -0.15) is 0 Å². The van der Waals surface area contributed by atoms with Gasteiger partial charge in [-0.05, 0) is 37.8 Å². The maximum atomic E-state index is 5.43. The van der Waals surface area contributed by atoms with Crippen molar-refractivity contribution in [3.63, 3.8) is 0 Å². The zero-order valence-corrected chi connectivity index (χ0v) is 12.4. The van der Waals surface area contributed by atoms with E-state index in [1.807, 2.05) is 13.3 Å². The first-order valence-electron chi connectivity index (χ1n) is 7.13. The summed E-state index contributed by atoms with van der Waals surface area (Å²) in [6.45, 7) is 5.39. The zero-order chi connectivity index (χ0) is 13.1. The van der Waals surface area contributed by atoms with E-state index in [2.05, 4.69) is 20.6 Å². The summed E-state index contributed by atoms with van der Waals surface area (Å²) in [6.07, 6.45) is 5.80. The summed E-state index contributed by atoms with van der Waals surface area (Å²) in [5.41, 5.74) is 0.520. The van der Waals surface area contributed by atoms with Gasteiger partial charge in [-0.1, -0.05) is 0 Å². The third-order valence-electron chi connectivity index (χ3n) is 4.57. The quantitative estimate of drug-likeness (QED) is 0.912. The fourth-order valence-corrected chi connectivity index (χ4v) is 4.26. The van der Waals surface area contributed by atoms with Gasteiger partial charge >= 0.3 is 0 Å². The molecule has 0 amide bonds. The van der Waals surface area contributed by atoms with Gasteiger partial charge in [-0.3, -0.25) is 4.90 Å². The van der Waals surface area contributed by atoms with Crippen LogP contribution in [0.15, 0.2) is 11.6 Å². The molecule has 0 unspecified atom stereocenters. The Kier molecular flexibility index (Phi) is 4.17. The molecule has 0 radical (unpaired) electrons. The van der Waals surface area contributed by atoms with Gasteiger partial charge in [0.25, 0.3) is 0 Å². The van der Waals surface area contributed by atoms with Gasteiger partial charge in [0, 0.05) is 31.3 Å². The number of ether oxygens (including phenoxy) is 1. The number of aromatic nitrogens is 1. The Labute approximate surface area is 119 Å². The van der Waals surface area contributed by atoms with Crippen molar-refractivity contribution in [1.82, 2.24) is 15.2 Å². The Hall–Kier alpha value is -0.490. The Morgan fingerprint density at radius 1 is 1.53 bits per heavy atom. The van der Waals surface area contributed by atoms with Crippen LogP contribution in [0.2, 0.25) is 0 Å². The van der Waals surface area contributed by atoms with E-state index in [1.54, 1.807) is 11.3 Å². The minimum absolute atomic E-state index is 0.520. The lowest BCUT2D eigenvalue weighted by Gasteiger charge is -2.33. The van der Waals surface area contributed by atoms with Gasteiger partial charge in [0.2, 0.25) is 0 Å². The van der Waals surface area contributed by atoms with Crippen molar-refractivity contribution < 1.29 is 4.74 Å². The van der Waals surface area contributed by atoms with E-state index in [-0.39, 0.29) is 0 Å². The molecule has 3 heterocycles. The second-order valence-electron chi connectivity index (χ2n) is 5.89. The van der Waals surface area contributed by atoms with Crippen molar-refractivity contribution in [2.75, 3.05) is 33.4 Å². The molecule has 0 bridgehead atoms. The lowest BCUT2D eigenvalue weighted by Crippen LogP contribution is -2.38. The van der Waals surface area contributed by atoms with Crippen molar-refractivity contribution in [3.8, 4) is 0 Å². The molecule has 106 valence electrons. The zero-order valence-electron chi connectivity index (χ0n) is 11.6. The molecule has 0 saturated carbocycles. The highest BCUT2D eigenvalue weighted by Crippen LogP contribution is 2.42. The van der Waals surface area contributed by atoms with Gasteiger partial charge in [-0.15, -0.1) is 11.3 Å². The largest absolute Gasteiger partial charge is 0.383 e. The van der Waals surface area contributed by atoms with Crippen molar-refractivity contribution in [2.24, 2.45) is 5.41 Å². The van der Waals surface area contributed by atoms with E-state index in [0.717, 1.165) is 13.2 Å². The molecule has 0 aliphatic carbocycles. The molecular weight excluding hydrogens is 258 g/mol. The maximum absolute atomic E-state index is 5.43. The summed E-state index contributed by atoms with van der Waals surface area (Å²) < 4.78 is 5.43. The van der Waals surface area contributed by atoms with Gasteiger partial charge < -0.3 is 10.1 Å². The average Bonchev–Trinajstić information content (AvgIpc) is 3.01. The van der Waals surface area contributed by atoms with Crippen LogP contribution in [0, 0.1) is 5.41 Å². The average molecular weight is 281 g/mol. The van der Waals surface area contributed by atoms with Gasteiger partial charge in [0.05, 0.1) is 13.2 Å². The summed E-state index contributed by atoms with van der Waals surface area (Å²) in [6, 6.07) is 0.562. The van der Waals surface area contributed by atoms with Gasteiger partial charge in [-0.25, -0.2) is 4.98 Å². The van der Waals surface area contributed by atoms with Crippen LogP contribution in [0.1, 0.15) is 24.3 Å². The van der Waals surface area contributed by atoms with Crippen LogP contribution in [0.3, 0.4) is 0 Å². The molecule has 1 atom stereocenters. The fourth-order valence-electron chi connectivity index (χ4n) is 3.62. The van der Waals surface area contributed by atoms with E-state index in [9.17, 15) is 0 Å². The summed E-state index contributed by atoms with van der Waals surface area (Å²) in [7, 11) is 1.81. The highest BCUT2D eigenvalue weighted by Gasteiger charge is 2.44. The number of rotatable bonds is 4. The second kappa shape index (κ2) is 5.87. The summed E-state index contributed by atoms with van der Waals surface area (Å²) in [5.74, 6) is 0. The fraction of sp³-hybridized carbons (Fsp3) is 0.786. The van der Waals surface area contributed by atoms with E-state index < -0.39 is 0 Å². The van der Waals surface area contributed by atoms with E-state index in [1.165, 1.54) is 43.9 Å². The highest BCUT2D eigenvalue weighted by atomic mass is 32.1. The number of methoxy groups -OCH3 is 1. The Balaban J connectivity index is 1.69. The third-order valence-corrected chi connectivity index (χ3v) is 5.33. The predicted octanol–water partition coefficient (Wildman–Crippen LogP) is 1.73. The normalized spacial score (nSPS) is 27.1. The van der Waals surface area contributed by atoms with Crippen molar-refractivity contribution in [3.05, 3.63) is 16.6 Å². The van der Waals surface area contributed by atoms with Crippen LogP contribution in [-0.4, -0.2) is 49.3 Å². The van der Waals surface area contributed by atoms with Crippen LogP contribution in [0.5, 0.6) is 0 Å². The summed E-state index contributed by atoms with van der Waals surface area (Å²) in [4.78, 5) is 7.02. The molecule has 1 spiro atoms. The van der Waals surface area contributed by atoms with Crippen LogP contribution in [-0.2, 0) is 11.3 Å². The molecule has 19 heavy (non-hydrogen) atoms. The van der Waals surface area contributed by atoms with Gasteiger partial charge in [0.1, 0.15) is 5.01 Å². The Morgan fingerprint density at radius 3 is 3.05 bits per heavy atom. The number of nitrogens with zero attached hydrogens (tertiary/aromatic N) is 2. The topological polar surface area (TPSA) is 37.4 Å². The SMILES string of the molecule is COC[C@H]1CC2(CCNCC2)CN1Cc1nccs1. The van der Waals surface area contributed by atoms with Crippen LogP contribution < -0.4 is 5.32 Å².